The molecule has 0 aliphatic rings. The third-order valence-corrected chi connectivity index (χ3v) is 7.02. The number of carbonyl (C=O) groups excluding carboxylic acids is 1. The summed E-state index contributed by atoms with van der Waals surface area (Å²) in [6.07, 6.45) is 0. The van der Waals surface area contributed by atoms with Gasteiger partial charge in [-0.15, -0.1) is 11.3 Å². The van der Waals surface area contributed by atoms with Crippen molar-refractivity contribution >= 4 is 61.3 Å². The molecule has 0 unspecified atom stereocenters. The largest absolute Gasteiger partial charge is 0.298 e. The van der Waals surface area contributed by atoms with E-state index in [1.54, 1.807) is 30.3 Å². The summed E-state index contributed by atoms with van der Waals surface area (Å²) in [5.41, 5.74) is 2.13. The molecule has 0 atom stereocenters. The van der Waals surface area contributed by atoms with Crippen molar-refractivity contribution in [2.45, 2.75) is 4.90 Å². The second-order valence-electron chi connectivity index (χ2n) is 6.64. The quantitative estimate of drug-likeness (QED) is 0.329. The van der Waals surface area contributed by atoms with Crippen LogP contribution in [-0.4, -0.2) is 19.3 Å². The molecule has 2 N–H and O–H groups in total. The van der Waals surface area contributed by atoms with Crippen LogP contribution < -0.4 is 10.0 Å². The molecular weight excluding hydrogens is 489 g/mol. The SMILES string of the molecule is O=C(Nc1nc(-c2ccc(Cl)cc2)cs1)c1cccc(NS(=O)(=O)c2ccc(Cl)cc2)c1. The van der Waals surface area contributed by atoms with Gasteiger partial charge in [0.25, 0.3) is 15.9 Å². The Morgan fingerprint density at radius 3 is 2.25 bits per heavy atom. The van der Waals surface area contributed by atoms with E-state index in [9.17, 15) is 13.2 Å². The van der Waals surface area contributed by atoms with Crippen LogP contribution in [0.4, 0.5) is 10.8 Å². The zero-order chi connectivity index (χ0) is 22.7. The van der Waals surface area contributed by atoms with Crippen molar-refractivity contribution in [2.24, 2.45) is 0 Å². The molecule has 0 aliphatic carbocycles. The number of halogens is 2. The van der Waals surface area contributed by atoms with E-state index in [4.69, 9.17) is 23.2 Å². The minimum Gasteiger partial charge on any atom is -0.298 e. The normalized spacial score (nSPS) is 11.2. The molecule has 0 saturated carbocycles. The van der Waals surface area contributed by atoms with Crippen LogP contribution in [0.3, 0.4) is 0 Å². The molecule has 0 spiro atoms. The highest BCUT2D eigenvalue weighted by Gasteiger charge is 2.16. The van der Waals surface area contributed by atoms with Crippen LogP contribution >= 0.6 is 34.5 Å². The number of anilines is 2. The molecule has 0 saturated heterocycles. The average molecular weight is 504 g/mol. The predicted molar refractivity (Wildman–Crippen MR) is 129 cm³/mol. The molecule has 32 heavy (non-hydrogen) atoms. The van der Waals surface area contributed by atoms with Gasteiger partial charge < -0.3 is 0 Å². The Balaban J connectivity index is 1.48. The first-order chi connectivity index (χ1) is 15.3. The number of carbonyl (C=O) groups is 1. The van der Waals surface area contributed by atoms with E-state index in [1.165, 1.54) is 41.7 Å². The maximum Gasteiger partial charge on any atom is 0.261 e. The predicted octanol–water partition coefficient (Wildman–Crippen LogP) is 6.17. The number of aromatic nitrogens is 1. The standard InChI is InChI=1S/C22H15Cl2N3O3S2/c23-16-6-4-14(5-7-16)20-13-31-22(25-20)26-21(28)15-2-1-3-18(12-15)27-32(29,30)19-10-8-17(24)9-11-19/h1-13,27H,(H,25,26,28). The Morgan fingerprint density at radius 2 is 1.56 bits per heavy atom. The number of thiazole rings is 1. The van der Waals surface area contributed by atoms with Gasteiger partial charge in [-0.25, -0.2) is 13.4 Å². The molecule has 0 bridgehead atoms. The van der Waals surface area contributed by atoms with Crippen LogP contribution in [0, 0.1) is 0 Å². The van der Waals surface area contributed by atoms with Gasteiger partial charge >= 0.3 is 0 Å². The maximum absolute atomic E-state index is 12.7. The summed E-state index contributed by atoms with van der Waals surface area (Å²) in [4.78, 5) is 17.2. The molecule has 0 fully saturated rings. The van der Waals surface area contributed by atoms with Gasteiger partial charge in [-0.2, -0.15) is 0 Å². The molecule has 6 nitrogen and oxygen atoms in total. The number of amides is 1. The van der Waals surface area contributed by atoms with E-state index >= 15 is 0 Å². The smallest absolute Gasteiger partial charge is 0.261 e. The van der Waals surface area contributed by atoms with Gasteiger partial charge in [0.2, 0.25) is 0 Å². The van der Waals surface area contributed by atoms with E-state index in [1.807, 2.05) is 17.5 Å². The van der Waals surface area contributed by atoms with E-state index < -0.39 is 15.9 Å². The second-order valence-corrected chi connectivity index (χ2v) is 10.1. The van der Waals surface area contributed by atoms with Gasteiger partial charge in [0, 0.05) is 32.2 Å². The molecule has 162 valence electrons. The number of rotatable bonds is 6. The Morgan fingerprint density at radius 1 is 0.906 bits per heavy atom. The van der Waals surface area contributed by atoms with Gasteiger partial charge in [0.15, 0.2) is 5.13 Å². The van der Waals surface area contributed by atoms with Gasteiger partial charge in [-0.05, 0) is 54.6 Å². The molecular formula is C22H15Cl2N3O3S2. The summed E-state index contributed by atoms with van der Waals surface area (Å²) < 4.78 is 27.6. The molecule has 0 radical (unpaired) electrons. The molecule has 0 aliphatic heterocycles. The first-order valence-corrected chi connectivity index (χ1v) is 12.3. The van der Waals surface area contributed by atoms with Crippen molar-refractivity contribution in [3.8, 4) is 11.3 Å². The summed E-state index contributed by atoms with van der Waals surface area (Å²) in [5.74, 6) is -0.408. The van der Waals surface area contributed by atoms with Crippen LogP contribution in [0.25, 0.3) is 11.3 Å². The number of benzene rings is 3. The van der Waals surface area contributed by atoms with Gasteiger partial charge in [0.05, 0.1) is 10.6 Å². The third-order valence-electron chi connectivity index (χ3n) is 4.37. The van der Waals surface area contributed by atoms with E-state index in [2.05, 4.69) is 15.0 Å². The highest BCUT2D eigenvalue weighted by molar-refractivity contribution is 7.92. The Labute approximate surface area is 198 Å². The first kappa shape index (κ1) is 22.3. The van der Waals surface area contributed by atoms with Crippen molar-refractivity contribution < 1.29 is 13.2 Å². The third kappa shape index (κ3) is 5.28. The molecule has 1 heterocycles. The van der Waals surface area contributed by atoms with Crippen molar-refractivity contribution in [1.29, 1.82) is 0 Å². The number of hydrogen-bond donors (Lipinski definition) is 2. The molecule has 10 heteroatoms. The van der Waals surface area contributed by atoms with Crippen LogP contribution in [0.15, 0.2) is 83.1 Å². The van der Waals surface area contributed by atoms with Crippen LogP contribution in [0.5, 0.6) is 0 Å². The Bertz CT molecular complexity index is 1370. The minimum absolute atomic E-state index is 0.0641. The fourth-order valence-electron chi connectivity index (χ4n) is 2.81. The van der Waals surface area contributed by atoms with Gasteiger partial charge in [-0.1, -0.05) is 41.4 Å². The fraction of sp³-hybridized carbons (Fsp3) is 0. The molecule has 1 aromatic heterocycles. The van der Waals surface area contributed by atoms with Gasteiger partial charge in [0.1, 0.15) is 0 Å². The summed E-state index contributed by atoms with van der Waals surface area (Å²) in [6.45, 7) is 0. The lowest BCUT2D eigenvalue weighted by molar-refractivity contribution is 0.102. The lowest BCUT2D eigenvalue weighted by atomic mass is 10.2. The van der Waals surface area contributed by atoms with E-state index in [-0.39, 0.29) is 16.1 Å². The second kappa shape index (κ2) is 9.30. The number of nitrogens with zero attached hydrogens (tertiary/aromatic N) is 1. The van der Waals surface area contributed by atoms with Crippen LogP contribution in [0.2, 0.25) is 10.0 Å². The zero-order valence-corrected chi connectivity index (χ0v) is 19.4. The van der Waals surface area contributed by atoms with E-state index in [0.29, 0.717) is 20.9 Å². The van der Waals surface area contributed by atoms with Crippen molar-refractivity contribution in [3.05, 3.63) is 93.8 Å². The minimum atomic E-state index is -3.82. The number of hydrogen-bond acceptors (Lipinski definition) is 5. The highest BCUT2D eigenvalue weighted by Crippen LogP contribution is 2.26. The lowest BCUT2D eigenvalue weighted by Crippen LogP contribution is -2.15. The summed E-state index contributed by atoms with van der Waals surface area (Å²) in [5, 5.41) is 6.05. The molecule has 4 aromatic rings. The van der Waals surface area contributed by atoms with Crippen molar-refractivity contribution in [2.75, 3.05) is 10.0 Å². The van der Waals surface area contributed by atoms with Crippen LogP contribution in [-0.2, 0) is 10.0 Å². The monoisotopic (exact) mass is 503 g/mol. The highest BCUT2D eigenvalue weighted by atomic mass is 35.5. The summed E-state index contributed by atoms with van der Waals surface area (Å²) in [7, 11) is -3.82. The Kier molecular flexibility index (Phi) is 6.48. The van der Waals surface area contributed by atoms with Gasteiger partial charge in [-0.3, -0.25) is 14.8 Å². The topological polar surface area (TPSA) is 88.2 Å². The fourth-order valence-corrected chi connectivity index (χ4v) is 4.82. The molecule has 3 aromatic carbocycles. The summed E-state index contributed by atoms with van der Waals surface area (Å²) >= 11 is 13.0. The first-order valence-electron chi connectivity index (χ1n) is 9.21. The lowest BCUT2D eigenvalue weighted by Gasteiger charge is -2.09. The molecule has 1 amide bonds. The molecule has 4 rings (SSSR count). The Hall–Kier alpha value is -2.91. The number of nitrogens with one attached hydrogen (secondary N) is 2. The van der Waals surface area contributed by atoms with Crippen LogP contribution in [0.1, 0.15) is 10.4 Å². The van der Waals surface area contributed by atoms with Crippen molar-refractivity contribution in [1.82, 2.24) is 4.98 Å². The van der Waals surface area contributed by atoms with E-state index in [0.717, 1.165) is 5.56 Å². The summed E-state index contributed by atoms with van der Waals surface area (Å²) in [6, 6.07) is 19.2. The zero-order valence-electron chi connectivity index (χ0n) is 16.2. The number of sulfonamides is 1. The van der Waals surface area contributed by atoms with Crippen molar-refractivity contribution in [3.63, 3.8) is 0 Å². The average Bonchev–Trinajstić information content (AvgIpc) is 3.23. The maximum atomic E-state index is 12.7.